The van der Waals surface area contributed by atoms with E-state index in [9.17, 15) is 9.90 Å². The summed E-state index contributed by atoms with van der Waals surface area (Å²) >= 11 is 5.96. The number of hydrogen-bond donors (Lipinski definition) is 2. The van der Waals surface area contributed by atoms with Gasteiger partial charge in [0.05, 0.1) is 23.3 Å². The molecule has 2 heterocycles. The van der Waals surface area contributed by atoms with Crippen molar-refractivity contribution < 1.29 is 14.6 Å². The molecule has 1 unspecified atom stereocenters. The van der Waals surface area contributed by atoms with Gasteiger partial charge in [-0.15, -0.1) is 0 Å². The first kappa shape index (κ1) is 16.2. The van der Waals surface area contributed by atoms with Crippen LogP contribution in [-0.4, -0.2) is 41.4 Å². The minimum atomic E-state index is -0.834. The topological polar surface area (TPSA) is 71.5 Å². The van der Waals surface area contributed by atoms with Crippen LogP contribution in [0.1, 0.15) is 29.6 Å². The third kappa shape index (κ3) is 3.80. The maximum Gasteiger partial charge on any atom is 0.252 e. The van der Waals surface area contributed by atoms with E-state index in [2.05, 4.69) is 10.3 Å². The third-order valence-corrected chi connectivity index (χ3v) is 4.36. The zero-order chi connectivity index (χ0) is 16.3. The molecule has 1 amide bonds. The summed E-state index contributed by atoms with van der Waals surface area (Å²) in [6.45, 7) is 1.43. The van der Waals surface area contributed by atoms with E-state index in [4.69, 9.17) is 16.3 Å². The molecule has 0 aliphatic carbocycles. The van der Waals surface area contributed by atoms with Crippen LogP contribution in [-0.2, 0) is 4.74 Å². The number of fused-ring (bicyclic) bond motifs is 1. The van der Waals surface area contributed by atoms with Crippen LogP contribution in [0.2, 0.25) is 5.02 Å². The van der Waals surface area contributed by atoms with Crippen molar-refractivity contribution in [2.75, 3.05) is 19.8 Å². The molecule has 0 saturated carbocycles. The van der Waals surface area contributed by atoms with E-state index >= 15 is 0 Å². The van der Waals surface area contributed by atoms with Gasteiger partial charge in [-0.2, -0.15) is 0 Å². The lowest BCUT2D eigenvalue weighted by Crippen LogP contribution is -2.41. The van der Waals surface area contributed by atoms with E-state index in [1.54, 1.807) is 30.5 Å². The van der Waals surface area contributed by atoms with Gasteiger partial charge >= 0.3 is 0 Å². The van der Waals surface area contributed by atoms with Gasteiger partial charge in [0.15, 0.2) is 0 Å². The van der Waals surface area contributed by atoms with Crippen LogP contribution in [0, 0.1) is 0 Å². The average Bonchev–Trinajstić information content (AvgIpc) is 2.54. The predicted octanol–water partition coefficient (Wildman–Crippen LogP) is 2.55. The summed E-state index contributed by atoms with van der Waals surface area (Å²) in [4.78, 5) is 16.6. The summed E-state index contributed by atoms with van der Waals surface area (Å²) in [6.07, 6.45) is 3.63. The largest absolute Gasteiger partial charge is 0.387 e. The molecular formula is C17H19ClN2O3. The monoisotopic (exact) mass is 334 g/mol. The first-order valence-corrected chi connectivity index (χ1v) is 8.08. The molecule has 3 rings (SSSR count). The number of nitrogens with one attached hydrogen (secondary N) is 1. The zero-order valence-electron chi connectivity index (χ0n) is 12.7. The highest BCUT2D eigenvalue weighted by molar-refractivity contribution is 6.31. The second kappa shape index (κ2) is 6.83. The van der Waals surface area contributed by atoms with Crippen LogP contribution in [0.3, 0.4) is 0 Å². The van der Waals surface area contributed by atoms with Crippen molar-refractivity contribution in [2.24, 2.45) is 0 Å². The number of ether oxygens (including phenoxy) is 1. The normalized spacial score (nSPS) is 21.3. The second-order valence-electron chi connectivity index (χ2n) is 5.91. The maximum absolute atomic E-state index is 12.4. The molecule has 6 heteroatoms. The van der Waals surface area contributed by atoms with Gasteiger partial charge in [-0.25, -0.2) is 0 Å². The average molecular weight is 335 g/mol. The van der Waals surface area contributed by atoms with E-state index in [0.29, 0.717) is 48.7 Å². The predicted molar refractivity (Wildman–Crippen MR) is 88.7 cm³/mol. The summed E-state index contributed by atoms with van der Waals surface area (Å²) in [5, 5.41) is 14.6. The van der Waals surface area contributed by atoms with Gasteiger partial charge in [-0.1, -0.05) is 17.7 Å². The summed E-state index contributed by atoms with van der Waals surface area (Å²) < 4.78 is 5.31. The lowest BCUT2D eigenvalue weighted by molar-refractivity contribution is -0.0887. The van der Waals surface area contributed by atoms with Crippen LogP contribution >= 0.6 is 11.6 Å². The Morgan fingerprint density at radius 3 is 3.09 bits per heavy atom. The number of carbonyl (C=O) groups excluding carboxylic acids is 1. The minimum Gasteiger partial charge on any atom is -0.387 e. The van der Waals surface area contributed by atoms with Gasteiger partial charge in [0.1, 0.15) is 0 Å². The van der Waals surface area contributed by atoms with E-state index in [0.717, 1.165) is 11.8 Å². The van der Waals surface area contributed by atoms with Crippen molar-refractivity contribution in [2.45, 2.75) is 24.9 Å². The van der Waals surface area contributed by atoms with E-state index < -0.39 is 5.60 Å². The fourth-order valence-electron chi connectivity index (χ4n) is 2.86. The third-order valence-electron chi connectivity index (χ3n) is 4.13. The standard InChI is InChI=1S/C17H19ClN2O3/c18-12-2-3-13-14(4-7-19-15(13)10-12)16(21)20-8-6-17(22)5-1-9-23-11-17/h2-4,7,10,22H,1,5-6,8-9,11H2,(H,20,21). The zero-order valence-corrected chi connectivity index (χ0v) is 13.5. The number of amides is 1. The van der Waals surface area contributed by atoms with Gasteiger partial charge in [0.2, 0.25) is 0 Å². The quantitative estimate of drug-likeness (QED) is 0.901. The van der Waals surface area contributed by atoms with Gasteiger partial charge in [0.25, 0.3) is 5.91 Å². The summed E-state index contributed by atoms with van der Waals surface area (Å²) in [6, 6.07) is 6.95. The molecule has 1 fully saturated rings. The lowest BCUT2D eigenvalue weighted by Gasteiger charge is -2.31. The Labute approximate surface area is 139 Å². The lowest BCUT2D eigenvalue weighted by atomic mass is 9.93. The van der Waals surface area contributed by atoms with Crippen LogP contribution in [0.4, 0.5) is 0 Å². The molecule has 0 radical (unpaired) electrons. The molecule has 0 spiro atoms. The number of nitrogens with zero attached hydrogens (tertiary/aromatic N) is 1. The Bertz CT molecular complexity index is 714. The number of aliphatic hydroxyl groups is 1. The number of aromatic nitrogens is 1. The van der Waals surface area contributed by atoms with Crippen molar-refractivity contribution in [3.8, 4) is 0 Å². The minimum absolute atomic E-state index is 0.181. The Balaban J connectivity index is 1.66. The van der Waals surface area contributed by atoms with Gasteiger partial charge < -0.3 is 15.2 Å². The van der Waals surface area contributed by atoms with E-state index in [1.165, 1.54) is 0 Å². The highest BCUT2D eigenvalue weighted by atomic mass is 35.5. The SMILES string of the molecule is O=C(NCCC1(O)CCCOC1)c1ccnc2cc(Cl)ccc12. The molecule has 1 aliphatic heterocycles. The number of pyridine rings is 1. The van der Waals surface area contributed by atoms with E-state index in [1.807, 2.05) is 0 Å². The highest BCUT2D eigenvalue weighted by Crippen LogP contribution is 2.23. The first-order chi connectivity index (χ1) is 11.1. The van der Waals surface area contributed by atoms with Crippen molar-refractivity contribution in [3.63, 3.8) is 0 Å². The van der Waals surface area contributed by atoms with Crippen LogP contribution in [0.25, 0.3) is 10.9 Å². The number of rotatable bonds is 4. The molecule has 2 aromatic rings. The molecule has 122 valence electrons. The number of halogens is 1. The molecule has 1 saturated heterocycles. The molecule has 23 heavy (non-hydrogen) atoms. The number of carbonyl (C=O) groups is 1. The molecular weight excluding hydrogens is 316 g/mol. The van der Waals surface area contributed by atoms with Crippen LogP contribution in [0.15, 0.2) is 30.5 Å². The number of hydrogen-bond acceptors (Lipinski definition) is 4. The molecule has 5 nitrogen and oxygen atoms in total. The molecule has 1 atom stereocenters. The van der Waals surface area contributed by atoms with Gasteiger partial charge in [0, 0.05) is 29.8 Å². The van der Waals surface area contributed by atoms with Crippen molar-refractivity contribution >= 4 is 28.4 Å². The van der Waals surface area contributed by atoms with E-state index in [-0.39, 0.29) is 5.91 Å². The first-order valence-electron chi connectivity index (χ1n) is 7.70. The Hall–Kier alpha value is -1.69. The highest BCUT2D eigenvalue weighted by Gasteiger charge is 2.29. The smallest absolute Gasteiger partial charge is 0.252 e. The maximum atomic E-state index is 12.4. The molecule has 2 N–H and O–H groups in total. The van der Waals surface area contributed by atoms with Crippen LogP contribution in [0.5, 0.6) is 0 Å². The Morgan fingerprint density at radius 1 is 1.43 bits per heavy atom. The summed E-state index contributed by atoms with van der Waals surface area (Å²) in [5.41, 5.74) is 0.405. The van der Waals surface area contributed by atoms with Gasteiger partial charge in [-0.3, -0.25) is 9.78 Å². The molecule has 1 aromatic carbocycles. The van der Waals surface area contributed by atoms with Crippen LogP contribution < -0.4 is 5.32 Å². The fourth-order valence-corrected chi connectivity index (χ4v) is 3.02. The summed E-state index contributed by atoms with van der Waals surface area (Å²) in [7, 11) is 0. The van der Waals surface area contributed by atoms with Crippen molar-refractivity contribution in [3.05, 3.63) is 41.0 Å². The molecule has 0 bridgehead atoms. The second-order valence-corrected chi connectivity index (χ2v) is 6.34. The molecule has 1 aromatic heterocycles. The number of benzene rings is 1. The fraction of sp³-hybridized carbons (Fsp3) is 0.412. The van der Waals surface area contributed by atoms with Crippen molar-refractivity contribution in [1.82, 2.24) is 10.3 Å². The van der Waals surface area contributed by atoms with Crippen molar-refractivity contribution in [1.29, 1.82) is 0 Å². The van der Waals surface area contributed by atoms with Gasteiger partial charge in [-0.05, 0) is 37.5 Å². The summed E-state index contributed by atoms with van der Waals surface area (Å²) in [5.74, 6) is -0.181. The Morgan fingerprint density at radius 2 is 2.30 bits per heavy atom. The Kier molecular flexibility index (Phi) is 4.80. The molecule has 1 aliphatic rings.